The van der Waals surface area contributed by atoms with Crippen LogP contribution in [0.4, 0.5) is 0 Å². The summed E-state index contributed by atoms with van der Waals surface area (Å²) in [5, 5.41) is 7.55. The van der Waals surface area contributed by atoms with E-state index in [1.165, 1.54) is 0 Å². The molecule has 0 spiro atoms. The molecule has 0 radical (unpaired) electrons. The zero-order chi connectivity index (χ0) is 12.5. The van der Waals surface area contributed by atoms with E-state index in [1.807, 2.05) is 12.3 Å². The van der Waals surface area contributed by atoms with Crippen molar-refractivity contribution in [2.75, 3.05) is 19.6 Å². The zero-order valence-electron chi connectivity index (χ0n) is 10.7. The summed E-state index contributed by atoms with van der Waals surface area (Å²) < 4.78 is 1.71. The Morgan fingerprint density at radius 1 is 1.50 bits per heavy atom. The van der Waals surface area contributed by atoms with E-state index < -0.39 is 0 Å². The average Bonchev–Trinajstić information content (AvgIpc) is 3.03. The number of hydrogen-bond donors (Lipinski definition) is 1. The summed E-state index contributed by atoms with van der Waals surface area (Å²) in [7, 11) is 0. The maximum Gasteiger partial charge on any atom is 0.244 e. The zero-order valence-corrected chi connectivity index (χ0v) is 10.7. The average molecular weight is 248 g/mol. The molecule has 3 atom stereocenters. The van der Waals surface area contributed by atoms with Crippen LogP contribution < -0.4 is 5.32 Å². The maximum atomic E-state index is 12.4. The first-order chi connectivity index (χ1) is 8.79. The lowest BCUT2D eigenvalue weighted by atomic mass is 9.93. The smallest absolute Gasteiger partial charge is 0.244 e. The van der Waals surface area contributed by atoms with Crippen LogP contribution in [0.2, 0.25) is 0 Å². The molecule has 2 saturated heterocycles. The molecular formula is C13H20N4O. The molecule has 1 amide bonds. The van der Waals surface area contributed by atoms with Crippen LogP contribution in [0.25, 0.3) is 0 Å². The topological polar surface area (TPSA) is 50.2 Å². The monoisotopic (exact) mass is 248 g/mol. The summed E-state index contributed by atoms with van der Waals surface area (Å²) in [6.07, 6.45) is 4.61. The molecule has 1 aromatic rings. The Morgan fingerprint density at radius 3 is 3.11 bits per heavy atom. The lowest BCUT2D eigenvalue weighted by molar-refractivity contribution is -0.133. The molecular weight excluding hydrogens is 228 g/mol. The molecule has 3 heterocycles. The van der Waals surface area contributed by atoms with Gasteiger partial charge in [-0.05, 0) is 24.3 Å². The Hall–Kier alpha value is -1.36. The van der Waals surface area contributed by atoms with Gasteiger partial charge in [-0.3, -0.25) is 9.48 Å². The van der Waals surface area contributed by atoms with E-state index in [9.17, 15) is 4.79 Å². The van der Waals surface area contributed by atoms with E-state index in [4.69, 9.17) is 0 Å². The third-order valence-electron chi connectivity index (χ3n) is 4.31. The summed E-state index contributed by atoms with van der Waals surface area (Å²) in [6, 6.07) is 2.26. The number of fused-ring (bicyclic) bond motifs is 1. The number of aromatic nitrogens is 2. The molecule has 2 fully saturated rings. The maximum absolute atomic E-state index is 12.4. The van der Waals surface area contributed by atoms with E-state index in [2.05, 4.69) is 22.2 Å². The predicted molar refractivity (Wildman–Crippen MR) is 67.9 cm³/mol. The van der Waals surface area contributed by atoms with Gasteiger partial charge in [-0.15, -0.1) is 0 Å². The van der Waals surface area contributed by atoms with E-state index in [1.54, 1.807) is 10.9 Å². The molecule has 3 rings (SSSR count). The van der Waals surface area contributed by atoms with Crippen molar-refractivity contribution in [1.82, 2.24) is 20.0 Å². The van der Waals surface area contributed by atoms with E-state index in [-0.39, 0.29) is 5.91 Å². The number of rotatable bonds is 3. The van der Waals surface area contributed by atoms with Crippen LogP contribution in [-0.4, -0.2) is 46.3 Å². The highest BCUT2D eigenvalue weighted by Gasteiger charge is 2.44. The summed E-state index contributed by atoms with van der Waals surface area (Å²) >= 11 is 0. The Kier molecular flexibility index (Phi) is 3.07. The molecule has 0 aliphatic carbocycles. The third-order valence-corrected chi connectivity index (χ3v) is 4.31. The molecule has 18 heavy (non-hydrogen) atoms. The minimum Gasteiger partial charge on any atom is -0.337 e. The van der Waals surface area contributed by atoms with Gasteiger partial charge >= 0.3 is 0 Å². The van der Waals surface area contributed by atoms with Crippen molar-refractivity contribution in [1.29, 1.82) is 0 Å². The van der Waals surface area contributed by atoms with Gasteiger partial charge in [0.15, 0.2) is 0 Å². The van der Waals surface area contributed by atoms with Crippen molar-refractivity contribution >= 4 is 5.91 Å². The third kappa shape index (κ3) is 1.92. The van der Waals surface area contributed by atoms with E-state index in [0.29, 0.717) is 24.4 Å². The van der Waals surface area contributed by atoms with Crippen LogP contribution >= 0.6 is 0 Å². The SMILES string of the molecule is CCC1C2CNCC2CN1C(=O)Cn1cccn1. The van der Waals surface area contributed by atoms with Crippen LogP contribution in [0.3, 0.4) is 0 Å². The van der Waals surface area contributed by atoms with E-state index in [0.717, 1.165) is 26.1 Å². The molecule has 2 aliphatic heterocycles. The van der Waals surface area contributed by atoms with Crippen LogP contribution in [0.1, 0.15) is 13.3 Å². The number of likely N-dealkylation sites (tertiary alicyclic amines) is 1. The molecule has 2 aliphatic rings. The van der Waals surface area contributed by atoms with E-state index >= 15 is 0 Å². The highest BCUT2D eigenvalue weighted by atomic mass is 16.2. The lowest BCUT2D eigenvalue weighted by Gasteiger charge is -2.27. The number of nitrogens with one attached hydrogen (secondary N) is 1. The van der Waals surface area contributed by atoms with Gasteiger partial charge in [0.25, 0.3) is 0 Å². The molecule has 1 aromatic heterocycles. The van der Waals surface area contributed by atoms with Crippen LogP contribution in [-0.2, 0) is 11.3 Å². The molecule has 5 nitrogen and oxygen atoms in total. The van der Waals surface area contributed by atoms with Crippen molar-refractivity contribution in [2.45, 2.75) is 25.9 Å². The normalized spacial score (nSPS) is 30.7. The second-order valence-corrected chi connectivity index (χ2v) is 5.31. The highest BCUT2D eigenvalue weighted by Crippen LogP contribution is 2.34. The van der Waals surface area contributed by atoms with Crippen LogP contribution in [0, 0.1) is 11.8 Å². The molecule has 0 aromatic carbocycles. The van der Waals surface area contributed by atoms with Crippen LogP contribution in [0.5, 0.6) is 0 Å². The van der Waals surface area contributed by atoms with Gasteiger partial charge in [0.05, 0.1) is 0 Å². The van der Waals surface area contributed by atoms with Gasteiger partial charge in [-0.1, -0.05) is 6.92 Å². The number of nitrogens with zero attached hydrogens (tertiary/aromatic N) is 3. The Labute approximate surface area is 107 Å². The fourth-order valence-electron chi connectivity index (χ4n) is 3.46. The molecule has 1 N–H and O–H groups in total. The summed E-state index contributed by atoms with van der Waals surface area (Å²) in [6.45, 7) is 5.59. The first-order valence-corrected chi connectivity index (χ1v) is 6.77. The minimum absolute atomic E-state index is 0.208. The van der Waals surface area contributed by atoms with Gasteiger partial charge in [0.1, 0.15) is 6.54 Å². The number of carbonyl (C=O) groups excluding carboxylic acids is 1. The first-order valence-electron chi connectivity index (χ1n) is 6.77. The number of carbonyl (C=O) groups is 1. The fourth-order valence-corrected chi connectivity index (χ4v) is 3.46. The minimum atomic E-state index is 0.208. The fraction of sp³-hybridized carbons (Fsp3) is 0.692. The largest absolute Gasteiger partial charge is 0.337 e. The molecule has 0 bridgehead atoms. The Balaban J connectivity index is 1.70. The van der Waals surface area contributed by atoms with Crippen molar-refractivity contribution in [3.63, 3.8) is 0 Å². The number of hydrogen-bond acceptors (Lipinski definition) is 3. The van der Waals surface area contributed by atoms with Gasteiger partial charge in [-0.25, -0.2) is 0 Å². The van der Waals surface area contributed by atoms with Crippen molar-refractivity contribution in [3.05, 3.63) is 18.5 Å². The van der Waals surface area contributed by atoms with Gasteiger partial charge in [-0.2, -0.15) is 5.10 Å². The van der Waals surface area contributed by atoms with Gasteiger partial charge in [0, 0.05) is 38.1 Å². The molecule has 0 saturated carbocycles. The lowest BCUT2D eigenvalue weighted by Crippen LogP contribution is -2.41. The Bertz CT molecular complexity index is 417. The quantitative estimate of drug-likeness (QED) is 0.839. The number of amides is 1. The van der Waals surface area contributed by atoms with Crippen molar-refractivity contribution in [3.8, 4) is 0 Å². The van der Waals surface area contributed by atoms with Crippen molar-refractivity contribution in [2.24, 2.45) is 11.8 Å². The van der Waals surface area contributed by atoms with Crippen LogP contribution in [0.15, 0.2) is 18.5 Å². The van der Waals surface area contributed by atoms with Crippen molar-refractivity contribution < 1.29 is 4.79 Å². The molecule has 98 valence electrons. The predicted octanol–water partition coefficient (Wildman–Crippen LogP) is 0.340. The standard InChI is InChI=1S/C13H20N4O/c1-2-12-11-7-14-6-10(11)8-17(12)13(18)9-16-5-3-4-15-16/h3-5,10-12,14H,2,6-9H2,1H3. The summed E-state index contributed by atoms with van der Waals surface area (Å²) in [5.74, 6) is 1.51. The van der Waals surface area contributed by atoms with Gasteiger partial charge < -0.3 is 10.2 Å². The van der Waals surface area contributed by atoms with Gasteiger partial charge in [0.2, 0.25) is 5.91 Å². The second-order valence-electron chi connectivity index (χ2n) is 5.31. The first kappa shape index (κ1) is 11.7. The highest BCUT2D eigenvalue weighted by molar-refractivity contribution is 5.76. The second kappa shape index (κ2) is 4.72. The molecule has 5 heteroatoms. The Morgan fingerprint density at radius 2 is 2.39 bits per heavy atom. The molecule has 3 unspecified atom stereocenters. The summed E-state index contributed by atoms with van der Waals surface area (Å²) in [5.41, 5.74) is 0. The summed E-state index contributed by atoms with van der Waals surface area (Å²) in [4.78, 5) is 14.4.